The molecular weight excluding hydrogens is 250 g/mol. The maximum absolute atomic E-state index is 5.56. The zero-order chi connectivity index (χ0) is 12.8. The van der Waals surface area contributed by atoms with Gasteiger partial charge in [-0.2, -0.15) is 16.7 Å². The van der Waals surface area contributed by atoms with Gasteiger partial charge in [-0.1, -0.05) is 18.0 Å². The van der Waals surface area contributed by atoms with Crippen LogP contribution in [-0.2, 0) is 16.9 Å². The third kappa shape index (κ3) is 3.96. The number of thioether (sulfide) groups is 1. The topological polar surface area (TPSA) is 74.2 Å². The molecular formula is C12H21N3O2S. The lowest BCUT2D eigenvalue weighted by Gasteiger charge is -2.08. The number of nitrogens with two attached hydrogens (primary N) is 1. The molecule has 1 aromatic heterocycles. The molecule has 1 heterocycles. The summed E-state index contributed by atoms with van der Waals surface area (Å²) in [6.07, 6.45) is 5.93. The van der Waals surface area contributed by atoms with Crippen LogP contribution in [0.25, 0.3) is 0 Å². The Kier molecular flexibility index (Phi) is 5.46. The predicted octanol–water partition coefficient (Wildman–Crippen LogP) is 1.76. The molecule has 18 heavy (non-hydrogen) atoms. The van der Waals surface area contributed by atoms with Crippen LogP contribution < -0.4 is 5.73 Å². The lowest BCUT2D eigenvalue weighted by Crippen LogP contribution is -2.24. The highest BCUT2D eigenvalue weighted by atomic mass is 32.2. The van der Waals surface area contributed by atoms with E-state index in [4.69, 9.17) is 15.0 Å². The van der Waals surface area contributed by atoms with Gasteiger partial charge in [0.05, 0.1) is 18.3 Å². The molecule has 0 amide bonds. The predicted molar refractivity (Wildman–Crippen MR) is 71.4 cm³/mol. The van der Waals surface area contributed by atoms with Crippen LogP contribution >= 0.6 is 11.8 Å². The van der Waals surface area contributed by atoms with Gasteiger partial charge in [-0.05, 0) is 12.8 Å². The van der Waals surface area contributed by atoms with Crippen LogP contribution in [0.1, 0.15) is 37.4 Å². The second kappa shape index (κ2) is 7.11. The van der Waals surface area contributed by atoms with Crippen molar-refractivity contribution in [3.8, 4) is 0 Å². The van der Waals surface area contributed by atoms with Crippen molar-refractivity contribution in [3.05, 3.63) is 11.7 Å². The molecule has 1 aliphatic carbocycles. The molecule has 0 aliphatic heterocycles. The molecule has 0 radical (unpaired) electrons. The van der Waals surface area contributed by atoms with E-state index in [-0.39, 0.29) is 6.10 Å². The third-order valence-corrected chi connectivity index (χ3v) is 4.63. The van der Waals surface area contributed by atoms with E-state index in [0.29, 0.717) is 18.9 Å². The maximum atomic E-state index is 5.56. The zero-order valence-electron chi connectivity index (χ0n) is 10.8. The first-order valence-electron chi connectivity index (χ1n) is 6.47. The van der Waals surface area contributed by atoms with Crippen molar-refractivity contribution in [2.75, 3.05) is 13.7 Å². The first-order valence-corrected chi connectivity index (χ1v) is 7.52. The van der Waals surface area contributed by atoms with Gasteiger partial charge >= 0.3 is 0 Å². The molecule has 1 atom stereocenters. The van der Waals surface area contributed by atoms with Crippen LogP contribution in [0.3, 0.4) is 0 Å². The minimum Gasteiger partial charge on any atom is -0.380 e. The summed E-state index contributed by atoms with van der Waals surface area (Å²) in [4.78, 5) is 4.37. The van der Waals surface area contributed by atoms with E-state index in [1.807, 2.05) is 11.8 Å². The molecule has 6 heteroatoms. The lowest BCUT2D eigenvalue weighted by molar-refractivity contribution is 0.102. The van der Waals surface area contributed by atoms with Crippen LogP contribution in [0.4, 0.5) is 0 Å². The van der Waals surface area contributed by atoms with E-state index in [0.717, 1.165) is 16.8 Å². The van der Waals surface area contributed by atoms with Gasteiger partial charge in [0.2, 0.25) is 5.89 Å². The number of methoxy groups -OCH3 is 1. The Bertz CT molecular complexity index is 349. The fourth-order valence-electron chi connectivity index (χ4n) is 2.14. The molecule has 0 spiro atoms. The summed E-state index contributed by atoms with van der Waals surface area (Å²) in [6, 6.07) is 0. The molecule has 1 aliphatic rings. The minimum absolute atomic E-state index is 0.0409. The lowest BCUT2D eigenvalue weighted by atomic mass is 10.2. The Morgan fingerprint density at radius 3 is 2.94 bits per heavy atom. The molecule has 102 valence electrons. The van der Waals surface area contributed by atoms with Gasteiger partial charge < -0.3 is 15.0 Å². The Morgan fingerprint density at radius 1 is 1.50 bits per heavy atom. The average Bonchev–Trinajstić information content (AvgIpc) is 3.05. The monoisotopic (exact) mass is 271 g/mol. The summed E-state index contributed by atoms with van der Waals surface area (Å²) < 4.78 is 10.4. The number of ether oxygens (including phenoxy) is 1. The summed E-state index contributed by atoms with van der Waals surface area (Å²) in [5.41, 5.74) is 5.56. The standard InChI is InChI=1S/C12H21N3O2S/c1-16-9(7-13)6-12-14-11(15-17-12)8-18-10-4-2-3-5-10/h9-10H,2-8,13H2,1H3. The van der Waals surface area contributed by atoms with Gasteiger partial charge in [-0.25, -0.2) is 0 Å². The summed E-state index contributed by atoms with van der Waals surface area (Å²) in [6.45, 7) is 0.463. The first-order chi connectivity index (χ1) is 8.81. The van der Waals surface area contributed by atoms with Gasteiger partial charge in [-0.3, -0.25) is 0 Å². The van der Waals surface area contributed by atoms with Crippen LogP contribution in [0.5, 0.6) is 0 Å². The van der Waals surface area contributed by atoms with Crippen LogP contribution in [0, 0.1) is 0 Å². The van der Waals surface area contributed by atoms with Crippen molar-refractivity contribution in [1.29, 1.82) is 0 Å². The van der Waals surface area contributed by atoms with Crippen molar-refractivity contribution >= 4 is 11.8 Å². The highest BCUT2D eigenvalue weighted by Gasteiger charge is 2.17. The Labute approximate surface area is 112 Å². The van der Waals surface area contributed by atoms with Crippen molar-refractivity contribution < 1.29 is 9.26 Å². The molecule has 1 aromatic rings. The molecule has 5 nitrogen and oxygen atoms in total. The fourth-order valence-corrected chi connectivity index (χ4v) is 3.31. The largest absolute Gasteiger partial charge is 0.380 e. The van der Waals surface area contributed by atoms with Gasteiger partial charge in [0, 0.05) is 18.9 Å². The summed E-state index contributed by atoms with van der Waals surface area (Å²) in [5, 5.41) is 4.78. The first kappa shape index (κ1) is 13.8. The minimum atomic E-state index is -0.0409. The Hall–Kier alpha value is -0.590. The smallest absolute Gasteiger partial charge is 0.229 e. The normalized spacial score (nSPS) is 18.3. The second-order valence-corrected chi connectivity index (χ2v) is 5.91. The van der Waals surface area contributed by atoms with Crippen molar-refractivity contribution in [2.45, 2.75) is 49.2 Å². The molecule has 2 N–H and O–H groups in total. The van der Waals surface area contributed by atoms with Crippen LogP contribution in [0.15, 0.2) is 4.52 Å². The second-order valence-electron chi connectivity index (χ2n) is 4.62. The van der Waals surface area contributed by atoms with E-state index in [1.54, 1.807) is 7.11 Å². The van der Waals surface area contributed by atoms with E-state index < -0.39 is 0 Å². The zero-order valence-corrected chi connectivity index (χ0v) is 11.6. The van der Waals surface area contributed by atoms with E-state index in [1.165, 1.54) is 25.7 Å². The highest BCUT2D eigenvalue weighted by Crippen LogP contribution is 2.30. The fraction of sp³-hybridized carbons (Fsp3) is 0.833. The molecule has 0 aromatic carbocycles. The van der Waals surface area contributed by atoms with Crippen molar-refractivity contribution in [3.63, 3.8) is 0 Å². The number of hydrogen-bond donors (Lipinski definition) is 1. The summed E-state index contributed by atoms with van der Waals surface area (Å²) in [7, 11) is 1.64. The molecule has 0 saturated heterocycles. The van der Waals surface area contributed by atoms with Crippen LogP contribution in [0.2, 0.25) is 0 Å². The quantitative estimate of drug-likeness (QED) is 0.814. The Morgan fingerprint density at radius 2 is 2.28 bits per heavy atom. The van der Waals surface area contributed by atoms with E-state index >= 15 is 0 Å². The van der Waals surface area contributed by atoms with E-state index in [2.05, 4.69) is 10.1 Å². The van der Waals surface area contributed by atoms with Crippen molar-refractivity contribution in [2.24, 2.45) is 5.73 Å². The third-order valence-electron chi connectivity index (χ3n) is 3.26. The van der Waals surface area contributed by atoms with Crippen LogP contribution in [-0.4, -0.2) is 35.1 Å². The van der Waals surface area contributed by atoms with Gasteiger partial charge in [-0.15, -0.1) is 0 Å². The summed E-state index contributed by atoms with van der Waals surface area (Å²) >= 11 is 1.94. The van der Waals surface area contributed by atoms with Gasteiger partial charge in [0.1, 0.15) is 0 Å². The number of hydrogen-bond acceptors (Lipinski definition) is 6. The molecule has 1 fully saturated rings. The SMILES string of the molecule is COC(CN)Cc1nc(CSC2CCCC2)no1. The molecule has 0 bridgehead atoms. The number of aromatic nitrogens is 2. The average molecular weight is 271 g/mol. The van der Waals surface area contributed by atoms with Gasteiger partial charge in [0.25, 0.3) is 0 Å². The summed E-state index contributed by atoms with van der Waals surface area (Å²) in [5.74, 6) is 2.25. The number of nitrogens with zero attached hydrogens (tertiary/aromatic N) is 2. The van der Waals surface area contributed by atoms with Crippen molar-refractivity contribution in [1.82, 2.24) is 10.1 Å². The Balaban J connectivity index is 1.78. The molecule has 1 saturated carbocycles. The molecule has 1 unspecified atom stereocenters. The highest BCUT2D eigenvalue weighted by molar-refractivity contribution is 7.99. The number of rotatable bonds is 7. The molecule has 2 rings (SSSR count). The van der Waals surface area contributed by atoms with E-state index in [9.17, 15) is 0 Å². The van der Waals surface area contributed by atoms with Gasteiger partial charge in [0.15, 0.2) is 5.82 Å². The maximum Gasteiger partial charge on any atom is 0.229 e.